The number of nitrogens with zero attached hydrogens (tertiary/aromatic N) is 2. The van der Waals surface area contributed by atoms with E-state index in [4.69, 9.17) is 4.55 Å². The van der Waals surface area contributed by atoms with Crippen LogP contribution in [0.15, 0.2) is 12.4 Å². The minimum atomic E-state index is -4.33. The van der Waals surface area contributed by atoms with Gasteiger partial charge in [-0.05, 0) is 12.2 Å². The molecule has 14 heavy (non-hydrogen) atoms. The van der Waals surface area contributed by atoms with E-state index in [9.17, 15) is 13.2 Å². The van der Waals surface area contributed by atoms with Crippen LogP contribution in [0.3, 0.4) is 0 Å². The Morgan fingerprint density at radius 2 is 2.14 bits per heavy atom. The Morgan fingerprint density at radius 3 is 2.79 bits per heavy atom. The summed E-state index contributed by atoms with van der Waals surface area (Å²) in [7, 11) is -4.33. The average Bonchev–Trinajstić information content (AvgIpc) is 2.45. The third-order valence-electron chi connectivity index (χ3n) is 1.87. The van der Waals surface area contributed by atoms with Gasteiger partial charge in [0, 0.05) is 0 Å². The van der Waals surface area contributed by atoms with Crippen LogP contribution in [0.5, 0.6) is 0 Å². The summed E-state index contributed by atoms with van der Waals surface area (Å²) in [5.74, 6) is -0.141. The first-order chi connectivity index (χ1) is 6.48. The van der Waals surface area contributed by atoms with Gasteiger partial charge in [0.25, 0.3) is 0 Å². The Balaban J connectivity index is 2.63. The molecular weight excluding hydrogens is 208 g/mol. The van der Waals surface area contributed by atoms with Crippen LogP contribution in [-0.4, -0.2) is 27.7 Å². The fourth-order valence-corrected chi connectivity index (χ4v) is 1.84. The lowest BCUT2D eigenvalue weighted by molar-refractivity contribution is -0.114. The molecule has 0 spiro atoms. The molecular formula is C7H6N2O4S. The molecule has 1 N–H and O–H groups in total. The van der Waals surface area contributed by atoms with Gasteiger partial charge in [0.2, 0.25) is 0 Å². The van der Waals surface area contributed by atoms with Crippen LogP contribution in [0.4, 0.5) is 0 Å². The Morgan fingerprint density at radius 1 is 1.43 bits per heavy atom. The quantitative estimate of drug-likeness (QED) is 0.646. The Hall–Kier alpha value is -1.47. The molecule has 0 aliphatic heterocycles. The van der Waals surface area contributed by atoms with Gasteiger partial charge in [-0.3, -0.25) is 9.35 Å². The molecule has 0 bridgehead atoms. The number of carbonyl (C=O) groups excluding carboxylic acids is 1. The predicted octanol–water partition coefficient (Wildman–Crippen LogP) is -0.328. The molecule has 0 atom stereocenters. The van der Waals surface area contributed by atoms with Crippen LogP contribution in [0.25, 0.3) is 6.08 Å². The minimum Gasteiger partial charge on any atom is -0.294 e. The molecule has 1 aromatic rings. The highest BCUT2D eigenvalue weighted by atomic mass is 32.2. The SMILES string of the molecule is O=C1C=Cc2c(ncn2S(=O)(=O)O)C1. The molecule has 0 amide bonds. The monoisotopic (exact) mass is 214 g/mol. The topological polar surface area (TPSA) is 89.3 Å². The van der Waals surface area contributed by atoms with Gasteiger partial charge in [-0.1, -0.05) is 0 Å². The molecule has 0 radical (unpaired) electrons. The molecule has 1 aliphatic carbocycles. The molecule has 2 rings (SSSR count). The minimum absolute atomic E-state index is 0.0638. The highest BCUT2D eigenvalue weighted by molar-refractivity contribution is 7.84. The van der Waals surface area contributed by atoms with Gasteiger partial charge in [-0.15, -0.1) is 0 Å². The number of ketones is 1. The van der Waals surface area contributed by atoms with Crippen LogP contribution >= 0.6 is 0 Å². The third-order valence-corrected chi connectivity index (χ3v) is 2.66. The summed E-state index contributed by atoms with van der Waals surface area (Å²) in [4.78, 5) is 14.7. The van der Waals surface area contributed by atoms with Crippen molar-refractivity contribution in [1.29, 1.82) is 0 Å². The molecule has 6 nitrogen and oxygen atoms in total. The molecule has 74 valence electrons. The molecule has 0 aromatic carbocycles. The average molecular weight is 214 g/mol. The number of fused-ring (bicyclic) bond motifs is 1. The number of hydrogen-bond acceptors (Lipinski definition) is 4. The van der Waals surface area contributed by atoms with Crippen molar-refractivity contribution in [3.63, 3.8) is 0 Å². The Labute approximate surface area is 79.8 Å². The Kier molecular flexibility index (Phi) is 1.79. The van der Waals surface area contributed by atoms with Gasteiger partial charge in [-0.2, -0.15) is 8.42 Å². The number of carbonyl (C=O) groups is 1. The second kappa shape index (κ2) is 2.76. The zero-order valence-corrected chi connectivity index (χ0v) is 7.73. The maximum Gasteiger partial charge on any atom is 0.365 e. The smallest absolute Gasteiger partial charge is 0.294 e. The highest BCUT2D eigenvalue weighted by Gasteiger charge is 2.20. The normalized spacial score (nSPS) is 15.6. The van der Waals surface area contributed by atoms with Crippen molar-refractivity contribution in [2.45, 2.75) is 6.42 Å². The molecule has 0 saturated carbocycles. The zero-order valence-electron chi connectivity index (χ0n) is 6.91. The van der Waals surface area contributed by atoms with Crippen LogP contribution in [-0.2, 0) is 21.5 Å². The van der Waals surface area contributed by atoms with Crippen molar-refractivity contribution >= 4 is 22.2 Å². The number of imidazole rings is 1. The van der Waals surface area contributed by atoms with Crippen molar-refractivity contribution < 1.29 is 17.8 Å². The van der Waals surface area contributed by atoms with Crippen molar-refractivity contribution in [3.05, 3.63) is 23.8 Å². The second-order valence-corrected chi connectivity index (χ2v) is 4.12. The number of hydrogen-bond donors (Lipinski definition) is 1. The van der Waals surface area contributed by atoms with Gasteiger partial charge in [0.1, 0.15) is 6.33 Å². The lowest BCUT2D eigenvalue weighted by Gasteiger charge is -2.05. The predicted molar refractivity (Wildman–Crippen MR) is 46.9 cm³/mol. The zero-order chi connectivity index (χ0) is 10.3. The van der Waals surface area contributed by atoms with Crippen LogP contribution in [0, 0.1) is 0 Å². The van der Waals surface area contributed by atoms with E-state index in [1.165, 1.54) is 12.2 Å². The number of aromatic nitrogens is 2. The van der Waals surface area contributed by atoms with Gasteiger partial charge < -0.3 is 0 Å². The third kappa shape index (κ3) is 1.36. The molecule has 0 fully saturated rings. The van der Waals surface area contributed by atoms with E-state index in [1.807, 2.05) is 0 Å². The number of allylic oxidation sites excluding steroid dienone is 1. The molecule has 1 heterocycles. The van der Waals surface area contributed by atoms with E-state index >= 15 is 0 Å². The Bertz CT molecular complexity index is 526. The van der Waals surface area contributed by atoms with Crippen molar-refractivity contribution in [3.8, 4) is 0 Å². The summed E-state index contributed by atoms with van der Waals surface area (Å²) in [5, 5.41) is 0. The van der Waals surface area contributed by atoms with E-state index in [1.54, 1.807) is 0 Å². The van der Waals surface area contributed by atoms with Gasteiger partial charge in [0.05, 0.1) is 17.8 Å². The molecule has 7 heteroatoms. The summed E-state index contributed by atoms with van der Waals surface area (Å²) in [6.45, 7) is 0. The van der Waals surface area contributed by atoms with Crippen molar-refractivity contribution in [2.24, 2.45) is 0 Å². The maximum atomic E-state index is 10.9. The van der Waals surface area contributed by atoms with E-state index in [2.05, 4.69) is 4.98 Å². The largest absolute Gasteiger partial charge is 0.365 e. The summed E-state index contributed by atoms with van der Waals surface area (Å²) >= 11 is 0. The van der Waals surface area contributed by atoms with Gasteiger partial charge in [-0.25, -0.2) is 8.96 Å². The number of rotatable bonds is 1. The summed E-state index contributed by atoms with van der Waals surface area (Å²) in [5.41, 5.74) is 0.585. The first-order valence-corrected chi connectivity index (χ1v) is 5.13. The van der Waals surface area contributed by atoms with E-state index < -0.39 is 10.3 Å². The lowest BCUT2D eigenvalue weighted by atomic mass is 10.1. The van der Waals surface area contributed by atoms with Gasteiger partial charge >= 0.3 is 10.3 Å². The fourth-order valence-electron chi connectivity index (χ4n) is 1.26. The van der Waals surface area contributed by atoms with Gasteiger partial charge in [0.15, 0.2) is 5.78 Å². The first kappa shape index (κ1) is 9.10. The van der Waals surface area contributed by atoms with E-state index in [-0.39, 0.29) is 17.9 Å². The molecule has 0 unspecified atom stereocenters. The standard InChI is InChI=1S/C7H6N2O4S/c10-5-1-2-7-6(3-5)8-4-9(7)14(11,12)13/h1-2,4H,3H2,(H,11,12,13). The maximum absolute atomic E-state index is 10.9. The van der Waals surface area contributed by atoms with E-state index in [0.29, 0.717) is 9.67 Å². The second-order valence-electron chi connectivity index (χ2n) is 2.83. The fraction of sp³-hybridized carbons (Fsp3) is 0.143. The summed E-state index contributed by atoms with van der Waals surface area (Å²) in [6, 6.07) is 0. The van der Waals surface area contributed by atoms with Crippen molar-refractivity contribution in [2.75, 3.05) is 0 Å². The van der Waals surface area contributed by atoms with Crippen LogP contribution in [0.1, 0.15) is 11.4 Å². The first-order valence-electron chi connectivity index (χ1n) is 3.73. The van der Waals surface area contributed by atoms with Crippen molar-refractivity contribution in [1.82, 2.24) is 8.96 Å². The van der Waals surface area contributed by atoms with Crippen LogP contribution < -0.4 is 0 Å². The summed E-state index contributed by atoms with van der Waals surface area (Å²) in [6.07, 6.45) is 3.62. The lowest BCUT2D eigenvalue weighted by Crippen LogP contribution is -2.14. The van der Waals surface area contributed by atoms with E-state index in [0.717, 1.165) is 6.33 Å². The summed E-state index contributed by atoms with van der Waals surface area (Å²) < 4.78 is 31.0. The molecule has 0 saturated heterocycles. The highest BCUT2D eigenvalue weighted by Crippen LogP contribution is 2.17. The molecule has 1 aromatic heterocycles. The van der Waals surface area contributed by atoms with Crippen LogP contribution in [0.2, 0.25) is 0 Å². The molecule has 1 aliphatic rings.